The molecule has 8 nitrogen and oxygen atoms in total. The van der Waals surface area contributed by atoms with Gasteiger partial charge in [-0.2, -0.15) is 0 Å². The molecule has 1 aromatic heterocycles. The second kappa shape index (κ2) is 8.62. The molecule has 0 saturated heterocycles. The van der Waals surface area contributed by atoms with E-state index < -0.39 is 13.2 Å². The van der Waals surface area contributed by atoms with Crippen LogP contribution in [0.2, 0.25) is 5.02 Å². The summed E-state index contributed by atoms with van der Waals surface area (Å²) in [7, 11) is -1.63. The van der Waals surface area contributed by atoms with Crippen molar-refractivity contribution in [3.05, 3.63) is 70.3 Å². The summed E-state index contributed by atoms with van der Waals surface area (Å²) in [5, 5.41) is 31.4. The Kier molecular flexibility index (Phi) is 5.91. The van der Waals surface area contributed by atoms with Gasteiger partial charge >= 0.3 is 7.12 Å². The third-order valence-electron chi connectivity index (χ3n) is 5.12. The van der Waals surface area contributed by atoms with Crippen molar-refractivity contribution in [2.45, 2.75) is 26.3 Å². The van der Waals surface area contributed by atoms with Gasteiger partial charge in [0.05, 0.1) is 17.8 Å². The first kappa shape index (κ1) is 21.2. The van der Waals surface area contributed by atoms with Gasteiger partial charge in [-0.3, -0.25) is 14.4 Å². The highest BCUT2D eigenvalue weighted by Gasteiger charge is 2.30. The molecule has 158 valence electrons. The number of nitrogens with one attached hydrogen (secondary N) is 1. The van der Waals surface area contributed by atoms with Crippen LogP contribution in [0.1, 0.15) is 42.2 Å². The Morgan fingerprint density at radius 2 is 1.94 bits per heavy atom. The molecule has 1 unspecified atom stereocenters. The van der Waals surface area contributed by atoms with Crippen molar-refractivity contribution in [2.24, 2.45) is 4.99 Å². The van der Waals surface area contributed by atoms with Crippen LogP contribution in [-0.4, -0.2) is 50.1 Å². The van der Waals surface area contributed by atoms with Crippen molar-refractivity contribution in [1.29, 1.82) is 0 Å². The van der Waals surface area contributed by atoms with Gasteiger partial charge in [-0.15, -0.1) is 10.2 Å². The van der Waals surface area contributed by atoms with Crippen molar-refractivity contribution >= 4 is 35.8 Å². The number of nitrogens with zero attached hydrogens (tertiary/aromatic N) is 4. The monoisotopic (exact) mass is 437 g/mol. The van der Waals surface area contributed by atoms with E-state index in [2.05, 4.69) is 15.5 Å². The van der Waals surface area contributed by atoms with Gasteiger partial charge in [0.25, 0.3) is 0 Å². The molecule has 0 spiro atoms. The van der Waals surface area contributed by atoms with E-state index in [-0.39, 0.29) is 12.3 Å². The number of halogens is 1. The largest absolute Gasteiger partial charge is 0.488 e. The molecule has 1 atom stereocenters. The Morgan fingerprint density at radius 1 is 1.19 bits per heavy atom. The van der Waals surface area contributed by atoms with E-state index in [1.165, 1.54) is 0 Å². The number of rotatable bonds is 5. The number of hydrogen-bond donors (Lipinski definition) is 3. The van der Waals surface area contributed by atoms with Crippen LogP contribution < -0.4 is 10.8 Å². The second-order valence-corrected chi connectivity index (χ2v) is 7.69. The van der Waals surface area contributed by atoms with Crippen LogP contribution >= 0.6 is 11.6 Å². The Balaban J connectivity index is 1.97. The highest BCUT2D eigenvalue weighted by Crippen LogP contribution is 2.32. The van der Waals surface area contributed by atoms with Gasteiger partial charge in [0, 0.05) is 22.7 Å². The van der Waals surface area contributed by atoms with Crippen molar-refractivity contribution in [2.75, 3.05) is 6.54 Å². The van der Waals surface area contributed by atoms with Crippen LogP contribution in [0.4, 0.5) is 0 Å². The van der Waals surface area contributed by atoms with Crippen LogP contribution in [0.25, 0.3) is 5.69 Å². The molecular weight excluding hydrogens is 417 g/mol. The van der Waals surface area contributed by atoms with E-state index in [1.807, 2.05) is 30.5 Å². The summed E-state index contributed by atoms with van der Waals surface area (Å²) in [5.41, 5.74) is 3.14. The van der Waals surface area contributed by atoms with Crippen LogP contribution in [0.5, 0.6) is 0 Å². The van der Waals surface area contributed by atoms with Crippen LogP contribution in [0.15, 0.2) is 47.5 Å². The van der Waals surface area contributed by atoms with Gasteiger partial charge in [0.2, 0.25) is 5.91 Å². The number of aliphatic imine (C=N–C) groups is 1. The maximum atomic E-state index is 12.4. The zero-order valence-corrected chi connectivity index (χ0v) is 17.8. The van der Waals surface area contributed by atoms with Crippen LogP contribution in [0, 0.1) is 6.92 Å². The third kappa shape index (κ3) is 4.12. The summed E-state index contributed by atoms with van der Waals surface area (Å²) < 4.78 is 1.86. The SMILES string of the molecule is CCNC(=O)CC1N=C(c2ccc(Cl)cc2)c2cc(B(O)O)ccc2-n2c(C)nnc21. The summed E-state index contributed by atoms with van der Waals surface area (Å²) in [6, 6.07) is 11.7. The average Bonchev–Trinajstić information content (AvgIpc) is 3.06. The fourth-order valence-electron chi connectivity index (χ4n) is 3.69. The normalized spacial score (nSPS) is 14.9. The van der Waals surface area contributed by atoms with E-state index >= 15 is 0 Å². The lowest BCUT2D eigenvalue weighted by Crippen LogP contribution is -2.31. The molecule has 0 bridgehead atoms. The van der Waals surface area contributed by atoms with Crippen molar-refractivity contribution < 1.29 is 14.8 Å². The second-order valence-electron chi connectivity index (χ2n) is 7.25. The van der Waals surface area contributed by atoms with Crippen molar-refractivity contribution in [3.8, 4) is 5.69 Å². The minimum atomic E-state index is -1.63. The lowest BCUT2D eigenvalue weighted by Gasteiger charge is -2.14. The van der Waals surface area contributed by atoms with Crippen molar-refractivity contribution in [3.63, 3.8) is 0 Å². The molecule has 2 heterocycles. The molecule has 10 heteroatoms. The Labute approximate surface area is 184 Å². The maximum absolute atomic E-state index is 12.4. The first-order valence-electron chi connectivity index (χ1n) is 9.92. The molecule has 4 rings (SSSR count). The van der Waals surface area contributed by atoms with E-state index in [1.54, 1.807) is 30.3 Å². The van der Waals surface area contributed by atoms with Crippen LogP contribution in [-0.2, 0) is 4.79 Å². The molecule has 1 aliphatic heterocycles. The van der Waals surface area contributed by atoms with E-state index in [0.29, 0.717) is 40.0 Å². The minimum absolute atomic E-state index is 0.104. The van der Waals surface area contributed by atoms with E-state index in [0.717, 1.165) is 11.3 Å². The fourth-order valence-corrected chi connectivity index (χ4v) is 3.82. The molecular formula is C21H21BClN5O3. The van der Waals surface area contributed by atoms with Gasteiger partial charge in [0.15, 0.2) is 5.82 Å². The topological polar surface area (TPSA) is 113 Å². The molecule has 0 fully saturated rings. The summed E-state index contributed by atoms with van der Waals surface area (Å²) in [5.74, 6) is 1.05. The minimum Gasteiger partial charge on any atom is -0.423 e. The third-order valence-corrected chi connectivity index (χ3v) is 5.37. The number of aromatic nitrogens is 3. The van der Waals surface area contributed by atoms with E-state index in [4.69, 9.17) is 16.6 Å². The standard InChI is InChI=1S/C21H21BClN5O3/c1-3-24-19(29)11-17-21-27-26-12(2)28(21)18-9-6-14(22(30)31)10-16(18)20(25-17)13-4-7-15(23)8-5-13/h4-10,17,30-31H,3,11H2,1-2H3,(H,24,29). The van der Waals surface area contributed by atoms with Gasteiger partial charge in [-0.1, -0.05) is 35.9 Å². The quantitative estimate of drug-likeness (QED) is 0.521. The van der Waals surface area contributed by atoms with E-state index in [9.17, 15) is 14.8 Å². The molecule has 3 N–H and O–H groups in total. The Morgan fingerprint density at radius 3 is 2.61 bits per heavy atom. The number of carbonyl (C=O) groups is 1. The van der Waals surface area contributed by atoms with Gasteiger partial charge in [0.1, 0.15) is 11.9 Å². The zero-order chi connectivity index (χ0) is 22.1. The van der Waals surface area contributed by atoms with Crippen molar-refractivity contribution in [1.82, 2.24) is 20.1 Å². The Hall–Kier alpha value is -3.01. The Bertz CT molecular complexity index is 1160. The number of aryl methyl sites for hydroxylation is 1. The highest BCUT2D eigenvalue weighted by atomic mass is 35.5. The van der Waals surface area contributed by atoms with Gasteiger partial charge < -0.3 is 15.4 Å². The molecule has 2 aromatic carbocycles. The predicted molar refractivity (Wildman–Crippen MR) is 119 cm³/mol. The molecule has 0 radical (unpaired) electrons. The average molecular weight is 438 g/mol. The molecule has 0 saturated carbocycles. The molecule has 3 aromatic rings. The first-order chi connectivity index (χ1) is 14.9. The number of amides is 1. The van der Waals surface area contributed by atoms with Gasteiger partial charge in [-0.05, 0) is 37.5 Å². The number of carbonyl (C=O) groups excluding carboxylic acids is 1. The zero-order valence-electron chi connectivity index (χ0n) is 17.1. The lowest BCUT2D eigenvalue weighted by molar-refractivity contribution is -0.121. The fraction of sp³-hybridized carbons (Fsp3) is 0.238. The maximum Gasteiger partial charge on any atom is 0.488 e. The van der Waals surface area contributed by atoms with Gasteiger partial charge in [-0.25, -0.2) is 0 Å². The lowest BCUT2D eigenvalue weighted by atomic mass is 9.78. The molecule has 1 amide bonds. The summed E-state index contributed by atoms with van der Waals surface area (Å²) >= 11 is 6.08. The smallest absolute Gasteiger partial charge is 0.423 e. The summed E-state index contributed by atoms with van der Waals surface area (Å²) in [6.07, 6.45) is 0.104. The highest BCUT2D eigenvalue weighted by molar-refractivity contribution is 6.58. The predicted octanol–water partition coefficient (Wildman–Crippen LogP) is 1.33. The number of fused-ring (bicyclic) bond motifs is 3. The summed E-state index contributed by atoms with van der Waals surface area (Å²) in [4.78, 5) is 17.3. The molecule has 1 aliphatic rings. The first-order valence-corrected chi connectivity index (χ1v) is 10.3. The molecule has 0 aliphatic carbocycles. The molecule has 31 heavy (non-hydrogen) atoms. The number of hydrogen-bond acceptors (Lipinski definition) is 6. The number of benzene rings is 2. The summed E-state index contributed by atoms with van der Waals surface area (Å²) in [6.45, 7) is 4.20. The van der Waals surface area contributed by atoms with Crippen LogP contribution in [0.3, 0.4) is 0 Å².